The average Bonchev–Trinajstić information content (AvgIpc) is 2.80. The lowest BCUT2D eigenvalue weighted by Crippen LogP contribution is -2.20. The van der Waals surface area contributed by atoms with E-state index in [1.807, 2.05) is 49.4 Å². The van der Waals surface area contributed by atoms with E-state index >= 15 is 0 Å². The molecule has 3 rings (SSSR count). The van der Waals surface area contributed by atoms with Crippen LogP contribution < -0.4 is 15.5 Å². The number of hydrazone groups is 1. The zero-order valence-electron chi connectivity index (χ0n) is 18.0. The minimum absolute atomic E-state index is 0.0166. The predicted molar refractivity (Wildman–Crippen MR) is 130 cm³/mol. The van der Waals surface area contributed by atoms with Crippen LogP contribution in [-0.4, -0.2) is 18.0 Å². The van der Waals surface area contributed by atoms with Crippen molar-refractivity contribution in [3.8, 4) is 5.75 Å². The molecule has 6 nitrogen and oxygen atoms in total. The van der Waals surface area contributed by atoms with E-state index < -0.39 is 5.91 Å². The van der Waals surface area contributed by atoms with Crippen molar-refractivity contribution in [1.29, 1.82) is 0 Å². The molecule has 2 amide bonds. The van der Waals surface area contributed by atoms with Crippen LogP contribution in [0.2, 0.25) is 0 Å². The SMILES string of the molecule is Cc1ccc(COc2ccc(C=NNC(=O)CCC(=O)Nc3ccc(F)cc3)cc2Br)cc1. The normalized spacial score (nSPS) is 10.8. The van der Waals surface area contributed by atoms with Crippen molar-refractivity contribution in [2.75, 3.05) is 5.32 Å². The Morgan fingerprint density at radius 2 is 1.70 bits per heavy atom. The third kappa shape index (κ3) is 8.16. The smallest absolute Gasteiger partial charge is 0.240 e. The summed E-state index contributed by atoms with van der Waals surface area (Å²) in [4.78, 5) is 23.8. The Morgan fingerprint density at radius 1 is 1.00 bits per heavy atom. The number of halogens is 2. The van der Waals surface area contributed by atoms with Gasteiger partial charge in [-0.05, 0) is 76.4 Å². The third-order valence-electron chi connectivity index (χ3n) is 4.58. The zero-order chi connectivity index (χ0) is 23.6. The fourth-order valence-corrected chi connectivity index (χ4v) is 3.29. The maximum Gasteiger partial charge on any atom is 0.240 e. The summed E-state index contributed by atoms with van der Waals surface area (Å²) in [5, 5.41) is 6.53. The fourth-order valence-electron chi connectivity index (χ4n) is 2.78. The number of aryl methyl sites for hydroxylation is 1. The van der Waals surface area contributed by atoms with Gasteiger partial charge in [0.2, 0.25) is 11.8 Å². The molecular weight excluding hydrogens is 489 g/mol. The van der Waals surface area contributed by atoms with Gasteiger partial charge in [-0.15, -0.1) is 0 Å². The van der Waals surface area contributed by atoms with Crippen LogP contribution in [0.25, 0.3) is 0 Å². The topological polar surface area (TPSA) is 79.8 Å². The second-order valence-electron chi connectivity index (χ2n) is 7.31. The molecule has 3 aromatic carbocycles. The number of anilines is 1. The van der Waals surface area contributed by atoms with Gasteiger partial charge in [-0.2, -0.15) is 5.10 Å². The van der Waals surface area contributed by atoms with Crippen molar-refractivity contribution in [3.05, 3.63) is 93.7 Å². The van der Waals surface area contributed by atoms with Crippen LogP contribution in [0.4, 0.5) is 10.1 Å². The first-order valence-electron chi connectivity index (χ1n) is 10.2. The lowest BCUT2D eigenvalue weighted by molar-refractivity contribution is -0.124. The van der Waals surface area contributed by atoms with Crippen molar-refractivity contribution in [2.24, 2.45) is 5.10 Å². The average molecular weight is 512 g/mol. The third-order valence-corrected chi connectivity index (χ3v) is 5.20. The van der Waals surface area contributed by atoms with Gasteiger partial charge in [0.15, 0.2) is 0 Å². The van der Waals surface area contributed by atoms with Crippen molar-refractivity contribution in [1.82, 2.24) is 5.43 Å². The van der Waals surface area contributed by atoms with Crippen molar-refractivity contribution in [3.63, 3.8) is 0 Å². The summed E-state index contributed by atoms with van der Waals surface area (Å²) >= 11 is 3.49. The molecule has 0 bridgehead atoms. The number of carbonyl (C=O) groups is 2. The highest BCUT2D eigenvalue weighted by Crippen LogP contribution is 2.26. The highest BCUT2D eigenvalue weighted by atomic mass is 79.9. The molecular formula is C25H23BrFN3O3. The number of ether oxygens (including phenoxy) is 1. The Balaban J connectivity index is 1.42. The molecule has 0 heterocycles. The largest absolute Gasteiger partial charge is 0.488 e. The zero-order valence-corrected chi connectivity index (χ0v) is 19.6. The number of carbonyl (C=O) groups excluding carboxylic acids is 2. The maximum absolute atomic E-state index is 12.9. The highest BCUT2D eigenvalue weighted by Gasteiger charge is 2.07. The molecule has 0 atom stereocenters. The van der Waals surface area contributed by atoms with Gasteiger partial charge >= 0.3 is 0 Å². The molecule has 0 aliphatic heterocycles. The van der Waals surface area contributed by atoms with Gasteiger partial charge < -0.3 is 10.1 Å². The molecule has 0 aromatic heterocycles. The Hall–Kier alpha value is -3.52. The van der Waals surface area contributed by atoms with Gasteiger partial charge in [0.25, 0.3) is 0 Å². The van der Waals surface area contributed by atoms with Gasteiger partial charge in [-0.25, -0.2) is 9.82 Å². The first-order chi connectivity index (χ1) is 15.9. The van der Waals surface area contributed by atoms with E-state index in [9.17, 15) is 14.0 Å². The second-order valence-corrected chi connectivity index (χ2v) is 8.17. The maximum atomic E-state index is 12.9. The van der Waals surface area contributed by atoms with E-state index in [2.05, 4.69) is 31.8 Å². The number of rotatable bonds is 9. The van der Waals surface area contributed by atoms with Crippen LogP contribution in [0.5, 0.6) is 5.75 Å². The van der Waals surface area contributed by atoms with E-state index in [1.165, 1.54) is 36.0 Å². The molecule has 0 saturated heterocycles. The summed E-state index contributed by atoms with van der Waals surface area (Å²) in [6, 6.07) is 19.0. The number of nitrogens with one attached hydrogen (secondary N) is 2. The van der Waals surface area contributed by atoms with Crippen LogP contribution in [0, 0.1) is 12.7 Å². The minimum atomic E-state index is -0.391. The Morgan fingerprint density at radius 3 is 2.39 bits per heavy atom. The molecule has 0 saturated carbocycles. The van der Waals surface area contributed by atoms with Crippen molar-refractivity contribution < 1.29 is 18.7 Å². The van der Waals surface area contributed by atoms with E-state index in [0.29, 0.717) is 18.0 Å². The quantitative estimate of drug-likeness (QED) is 0.300. The standard InChI is InChI=1S/C25H23BrFN3O3/c1-17-2-4-18(5-3-17)16-33-23-11-6-19(14-22(23)26)15-28-30-25(32)13-12-24(31)29-21-9-7-20(27)8-10-21/h2-11,14-15H,12-13,16H2,1H3,(H,29,31)(H,30,32). The highest BCUT2D eigenvalue weighted by molar-refractivity contribution is 9.10. The monoisotopic (exact) mass is 511 g/mol. The molecule has 0 aliphatic carbocycles. The van der Waals surface area contributed by atoms with Gasteiger partial charge in [0, 0.05) is 18.5 Å². The lowest BCUT2D eigenvalue weighted by atomic mass is 10.2. The van der Waals surface area contributed by atoms with Crippen LogP contribution in [0.3, 0.4) is 0 Å². The summed E-state index contributed by atoms with van der Waals surface area (Å²) in [6.45, 7) is 2.49. The molecule has 8 heteroatoms. The minimum Gasteiger partial charge on any atom is -0.488 e. The Bertz CT molecular complexity index is 1130. The van der Waals surface area contributed by atoms with Crippen molar-refractivity contribution in [2.45, 2.75) is 26.4 Å². The molecule has 170 valence electrons. The van der Waals surface area contributed by atoms with Gasteiger partial charge in [-0.1, -0.05) is 29.8 Å². The van der Waals surface area contributed by atoms with E-state index in [-0.39, 0.29) is 24.6 Å². The van der Waals surface area contributed by atoms with Gasteiger partial charge in [-0.3, -0.25) is 9.59 Å². The number of benzene rings is 3. The van der Waals surface area contributed by atoms with Gasteiger partial charge in [0.05, 0.1) is 10.7 Å². The molecule has 33 heavy (non-hydrogen) atoms. The lowest BCUT2D eigenvalue weighted by Gasteiger charge is -2.09. The summed E-state index contributed by atoms with van der Waals surface area (Å²) in [5.74, 6) is -0.422. The number of hydrogen-bond acceptors (Lipinski definition) is 4. The number of nitrogens with zero attached hydrogens (tertiary/aromatic N) is 1. The van der Waals surface area contributed by atoms with Crippen LogP contribution in [0.1, 0.15) is 29.5 Å². The summed E-state index contributed by atoms with van der Waals surface area (Å²) in [6.07, 6.45) is 1.46. The predicted octanol–water partition coefficient (Wildman–Crippen LogP) is 5.34. The molecule has 0 aliphatic rings. The van der Waals surface area contributed by atoms with E-state index in [0.717, 1.165) is 15.6 Å². The van der Waals surface area contributed by atoms with Crippen LogP contribution in [0.15, 0.2) is 76.3 Å². The summed E-state index contributed by atoms with van der Waals surface area (Å²) in [5.41, 5.74) is 5.90. The first kappa shape index (κ1) is 24.1. The number of amides is 2. The molecule has 0 fully saturated rings. The molecule has 0 unspecified atom stereocenters. The molecule has 0 spiro atoms. The van der Waals surface area contributed by atoms with Crippen LogP contribution in [-0.2, 0) is 16.2 Å². The fraction of sp³-hybridized carbons (Fsp3) is 0.160. The first-order valence-corrected chi connectivity index (χ1v) is 11.0. The summed E-state index contributed by atoms with van der Waals surface area (Å²) in [7, 11) is 0. The number of hydrogen-bond donors (Lipinski definition) is 2. The van der Waals surface area contributed by atoms with Crippen LogP contribution >= 0.6 is 15.9 Å². The molecule has 0 radical (unpaired) electrons. The van der Waals surface area contributed by atoms with E-state index in [1.54, 1.807) is 0 Å². The van der Waals surface area contributed by atoms with Crippen molar-refractivity contribution >= 4 is 39.6 Å². The Kier molecular flexibility index (Phi) is 8.71. The second kappa shape index (κ2) is 11.9. The summed E-state index contributed by atoms with van der Waals surface area (Å²) < 4.78 is 19.5. The molecule has 3 aromatic rings. The van der Waals surface area contributed by atoms with E-state index in [4.69, 9.17) is 4.74 Å². The molecule has 2 N–H and O–H groups in total. The Labute approximate surface area is 200 Å². The van der Waals surface area contributed by atoms with Gasteiger partial charge in [0.1, 0.15) is 18.2 Å².